The van der Waals surface area contributed by atoms with Gasteiger partial charge in [-0.25, -0.2) is 28.1 Å². The van der Waals surface area contributed by atoms with Gasteiger partial charge in [-0.05, 0) is 270 Å². The summed E-state index contributed by atoms with van der Waals surface area (Å²) in [5.41, 5.74) is 9.50. The van der Waals surface area contributed by atoms with Crippen molar-refractivity contribution in [2.75, 3.05) is 74.1 Å². The van der Waals surface area contributed by atoms with Gasteiger partial charge in [0.25, 0.3) is 23.6 Å². The minimum atomic E-state index is -0.405. The number of amidine groups is 4. The minimum absolute atomic E-state index is 0.0109. The monoisotopic (exact) mass is 1720 g/mol. The van der Waals surface area contributed by atoms with Crippen LogP contribution in [-0.4, -0.2) is 109 Å². The van der Waals surface area contributed by atoms with Crippen molar-refractivity contribution in [3.63, 3.8) is 0 Å². The molecule has 8 aliphatic rings. The number of para-hydroxylation sites is 2. The number of anilines is 3. The number of nitrogens with zero attached hydrogens (tertiary/aromatic N) is 8. The molecular weight excluding hydrogens is 1640 g/mol. The molecule has 0 N–H and O–H groups in total. The first-order valence-corrected chi connectivity index (χ1v) is 42.6. The molecule has 0 aromatic heterocycles. The van der Waals surface area contributed by atoms with Crippen LogP contribution in [0.3, 0.4) is 0 Å². The van der Waals surface area contributed by atoms with Crippen LogP contribution in [0.2, 0.25) is 0 Å². The lowest BCUT2D eigenvalue weighted by Gasteiger charge is -2.18. The van der Waals surface area contributed by atoms with Crippen molar-refractivity contribution in [3.8, 4) is 46.0 Å². The number of aryl methyl sites for hydroxylation is 1. The van der Waals surface area contributed by atoms with E-state index in [1.165, 1.54) is 113 Å². The summed E-state index contributed by atoms with van der Waals surface area (Å²) in [5.74, 6) is 4.21. The molecule has 8 aliphatic heterocycles. The number of rotatable bonds is 14. The molecule has 4 saturated heterocycles. The number of carbonyl (C=O) groups excluding carboxylic acids is 4. The van der Waals surface area contributed by atoms with Gasteiger partial charge in [-0.15, -0.1) is 0 Å². The average Bonchev–Trinajstić information content (AvgIpc) is 1.65. The van der Waals surface area contributed by atoms with Gasteiger partial charge in [0, 0.05) is 6.54 Å². The van der Waals surface area contributed by atoms with Crippen LogP contribution >= 0.6 is 47.0 Å². The van der Waals surface area contributed by atoms with Gasteiger partial charge in [-0.2, -0.15) is 0 Å². The Morgan fingerprint density at radius 2 is 0.634 bits per heavy atom. The molecule has 0 spiro atoms. The van der Waals surface area contributed by atoms with Gasteiger partial charge >= 0.3 is 0 Å². The van der Waals surface area contributed by atoms with Crippen LogP contribution in [-0.2, 0) is 25.7 Å². The zero-order valence-corrected chi connectivity index (χ0v) is 69.8. The van der Waals surface area contributed by atoms with E-state index in [-0.39, 0.29) is 35.3 Å². The number of aliphatic imine (C=N–C) groups is 4. The second kappa shape index (κ2) is 38.9. The number of hydrogen-bond acceptors (Lipinski definition) is 20. The van der Waals surface area contributed by atoms with Gasteiger partial charge in [-0.1, -0.05) is 123 Å². The van der Waals surface area contributed by atoms with Crippen LogP contribution in [0.4, 0.5) is 47.3 Å². The summed E-state index contributed by atoms with van der Waals surface area (Å²) in [4.78, 5) is 80.3. The predicted molar refractivity (Wildman–Crippen MR) is 483 cm³/mol. The predicted octanol–water partition coefficient (Wildman–Crippen LogP) is 21.1. The fourth-order valence-corrected chi connectivity index (χ4v) is 17.1. The first-order chi connectivity index (χ1) is 60.0. The summed E-state index contributed by atoms with van der Waals surface area (Å²) in [5, 5.41) is 2.28. The Labute approximate surface area is 724 Å². The molecule has 20 nitrogen and oxygen atoms in total. The Bertz CT molecular complexity index is 5850. The van der Waals surface area contributed by atoms with E-state index in [0.29, 0.717) is 164 Å². The standard InChI is InChI=1S/C25H19FN2O3S.C25H20N2O3S.C24H16F2N2O3S.C22H22N2O3S/c1-16-2-9-20(10-3-16)28-24(29)23(32-25(28)27-19-7-5-18(26)6-8-19)15-17-4-11-21-22(14-17)31-13-12-30-21;28-24-23(16-19-11-12-21-22(15-19)30-14-13-29-21)31-25(26-17-18-7-3-1-4-8-18)27(24)20-9-5-2-6-10-20;25-16-2-6-18(7-3-16)27-24-28(19-8-4-17(26)5-9-19)23(29)22(32-24)14-15-1-10-20-21(13-15)31-12-11-30-20;1-15(2)14-24-21(25)20(28-22(24)23-17-6-4-3-5-7-17)13-16-8-9-18-19(12-16)27-11-10-26-18/h2-11,14-15H,12-13H2,1H3;1-12,15-16H,13-14,17H2;1-10,13-14H,11-12H2;3-9,12-13,15H,10-11,14H2,1-2H3/b23-15-,27-25?;23-16-,26-25?;22-14-,27-24?;20-13-,23-22?. The third-order valence-electron chi connectivity index (χ3n) is 19.0. The molecule has 0 atom stereocenters. The zero-order valence-electron chi connectivity index (χ0n) is 66.5. The molecule has 8 heterocycles. The summed E-state index contributed by atoms with van der Waals surface area (Å²) in [6, 6.07) is 76.7. The first kappa shape index (κ1) is 83.2. The highest BCUT2D eigenvalue weighted by atomic mass is 32.2. The largest absolute Gasteiger partial charge is 0.486 e. The second-order valence-corrected chi connectivity index (χ2v) is 32.5. The molecule has 27 heteroatoms. The second-order valence-electron chi connectivity index (χ2n) is 28.5. The molecule has 0 saturated carbocycles. The van der Waals surface area contributed by atoms with Gasteiger partial charge in [0.2, 0.25) is 0 Å². The van der Waals surface area contributed by atoms with Gasteiger partial charge in [0.05, 0.1) is 60.3 Å². The average molecular weight is 1720 g/mol. The molecular formula is C96H77F3N8O12S4. The third-order valence-corrected chi connectivity index (χ3v) is 23.0. The van der Waals surface area contributed by atoms with Crippen LogP contribution in [0.15, 0.2) is 300 Å². The smallest absolute Gasteiger partial charge is 0.271 e. The lowest BCUT2D eigenvalue weighted by molar-refractivity contribution is -0.122. The lowest BCUT2D eigenvalue weighted by Crippen LogP contribution is -2.32. The van der Waals surface area contributed by atoms with Crippen molar-refractivity contribution >= 4 is 150 Å². The number of ether oxygens (including phenoxy) is 8. The number of benzene rings is 11. The van der Waals surface area contributed by atoms with Crippen molar-refractivity contribution in [1.82, 2.24) is 4.90 Å². The topological polar surface area (TPSA) is 205 Å². The molecule has 0 unspecified atom stereocenters. The van der Waals surface area contributed by atoms with Gasteiger partial charge in [-0.3, -0.25) is 43.8 Å². The number of hydrogen-bond donors (Lipinski definition) is 0. The van der Waals surface area contributed by atoms with E-state index in [1.807, 2.05) is 207 Å². The maximum absolute atomic E-state index is 13.4. The summed E-state index contributed by atoms with van der Waals surface area (Å²) in [6.45, 7) is 11.5. The molecule has 19 rings (SSSR count). The Balaban J connectivity index is 0.000000122. The highest BCUT2D eigenvalue weighted by molar-refractivity contribution is 8.20. The van der Waals surface area contributed by atoms with E-state index in [1.54, 1.807) is 39.0 Å². The van der Waals surface area contributed by atoms with E-state index in [4.69, 9.17) is 47.9 Å². The molecule has 4 amide bonds. The third kappa shape index (κ3) is 20.8. The van der Waals surface area contributed by atoms with E-state index in [9.17, 15) is 32.3 Å². The van der Waals surface area contributed by atoms with Crippen molar-refractivity contribution < 1.29 is 70.2 Å². The van der Waals surface area contributed by atoms with Crippen LogP contribution in [0.5, 0.6) is 46.0 Å². The molecule has 0 bridgehead atoms. The first-order valence-electron chi connectivity index (χ1n) is 39.3. The van der Waals surface area contributed by atoms with Gasteiger partial charge in [0.15, 0.2) is 66.7 Å². The molecule has 123 heavy (non-hydrogen) atoms. The van der Waals surface area contributed by atoms with E-state index in [0.717, 1.165) is 61.9 Å². The molecule has 11 aromatic rings. The number of fused-ring (bicyclic) bond motifs is 4. The quantitative estimate of drug-likeness (QED) is 0.0929. The zero-order chi connectivity index (χ0) is 84.7. The minimum Gasteiger partial charge on any atom is -0.486 e. The van der Waals surface area contributed by atoms with Gasteiger partial charge in [0.1, 0.15) is 70.3 Å². The van der Waals surface area contributed by atoms with Crippen molar-refractivity contribution in [2.45, 2.75) is 27.3 Å². The summed E-state index contributed by atoms with van der Waals surface area (Å²) < 4.78 is 84.9. The van der Waals surface area contributed by atoms with E-state index >= 15 is 0 Å². The highest BCUT2D eigenvalue weighted by Crippen LogP contribution is 2.44. The fraction of sp³-hybridized carbons (Fsp3) is 0.146. The molecule has 618 valence electrons. The molecule has 11 aromatic carbocycles. The SMILES string of the molecule is CC(C)CN1C(=O)/C(=C/c2ccc3c(c2)OCCO3)SC1=Nc1ccccc1.Cc1ccc(N2C(=O)/C(=C/c3ccc4c(c3)OCCO4)SC2=Nc2ccc(F)cc2)cc1.O=C1/C(=C/c2ccc3c(c2)OCCO3)SC(=NCc2ccccc2)N1c1ccccc1.O=C1/C(=C/c2ccc3c(c2)OCCO3)SC(=Nc2ccc(F)cc2)N1c1ccc(F)cc1. The van der Waals surface area contributed by atoms with Crippen molar-refractivity contribution in [2.24, 2.45) is 25.9 Å². The van der Waals surface area contributed by atoms with Crippen LogP contribution in [0.25, 0.3) is 24.3 Å². The summed E-state index contributed by atoms with van der Waals surface area (Å²) in [7, 11) is 0. The maximum Gasteiger partial charge on any atom is 0.271 e. The van der Waals surface area contributed by atoms with Gasteiger partial charge < -0.3 is 37.9 Å². The number of thioether (sulfide) groups is 4. The van der Waals surface area contributed by atoms with Crippen LogP contribution < -0.4 is 52.6 Å². The van der Waals surface area contributed by atoms with E-state index < -0.39 is 5.82 Å². The number of amides is 4. The normalized spacial score (nSPS) is 18.2. The fourth-order valence-electron chi connectivity index (χ4n) is 13.1. The van der Waals surface area contributed by atoms with Crippen molar-refractivity contribution in [3.05, 3.63) is 331 Å². The molecule has 4 fully saturated rings. The Hall–Kier alpha value is -13.5. The van der Waals surface area contributed by atoms with Crippen LogP contribution in [0, 0.1) is 30.3 Å². The highest BCUT2D eigenvalue weighted by Gasteiger charge is 2.39. The Morgan fingerprint density at radius 3 is 1.02 bits per heavy atom. The Morgan fingerprint density at radius 1 is 0.333 bits per heavy atom. The van der Waals surface area contributed by atoms with E-state index in [2.05, 4.69) is 23.8 Å². The number of carbonyl (C=O) groups is 4. The Kier molecular flexibility index (Phi) is 26.3. The maximum atomic E-state index is 13.4. The number of halogens is 3. The molecule has 0 radical (unpaired) electrons. The van der Waals surface area contributed by atoms with Crippen molar-refractivity contribution in [1.29, 1.82) is 0 Å². The lowest BCUT2D eigenvalue weighted by atomic mass is 10.1. The summed E-state index contributed by atoms with van der Waals surface area (Å²) in [6.07, 6.45) is 7.34. The molecule has 0 aliphatic carbocycles. The van der Waals surface area contributed by atoms with Crippen LogP contribution in [0.1, 0.15) is 47.2 Å². The summed E-state index contributed by atoms with van der Waals surface area (Å²) >= 11 is 5.26.